The lowest BCUT2D eigenvalue weighted by molar-refractivity contribution is 1.10. The van der Waals surface area contributed by atoms with Crippen LogP contribution < -0.4 is 5.43 Å². The van der Waals surface area contributed by atoms with Crippen LogP contribution in [-0.2, 0) is 0 Å². The maximum absolute atomic E-state index is 4.51. The van der Waals surface area contributed by atoms with Gasteiger partial charge >= 0.3 is 0 Å². The Morgan fingerprint density at radius 1 is 1.00 bits per heavy atom. The van der Waals surface area contributed by atoms with Crippen LogP contribution in [0.4, 0.5) is 5.82 Å². The van der Waals surface area contributed by atoms with Crippen LogP contribution in [0.15, 0.2) is 70.2 Å². The molecule has 0 saturated carbocycles. The molecule has 3 aromatic rings. The lowest BCUT2D eigenvalue weighted by Gasteiger charge is -2.05. The van der Waals surface area contributed by atoms with Gasteiger partial charge in [0.25, 0.3) is 0 Å². The molecule has 4 nitrogen and oxygen atoms in total. The Morgan fingerprint density at radius 2 is 1.74 bits per heavy atom. The van der Waals surface area contributed by atoms with Gasteiger partial charge in [0.05, 0.1) is 6.21 Å². The molecular formula is C18H15BrN4. The van der Waals surface area contributed by atoms with Gasteiger partial charge < -0.3 is 0 Å². The number of aromatic nitrogens is 2. The number of anilines is 1. The van der Waals surface area contributed by atoms with Crippen molar-refractivity contribution in [2.75, 3.05) is 5.43 Å². The summed E-state index contributed by atoms with van der Waals surface area (Å²) in [4.78, 5) is 8.98. The number of rotatable bonds is 4. The fourth-order valence-electron chi connectivity index (χ4n) is 2.06. The van der Waals surface area contributed by atoms with Gasteiger partial charge in [0, 0.05) is 21.8 Å². The van der Waals surface area contributed by atoms with Crippen LogP contribution in [0.5, 0.6) is 0 Å². The number of benzene rings is 2. The summed E-state index contributed by atoms with van der Waals surface area (Å²) in [6.07, 6.45) is 1.76. The molecule has 0 saturated heterocycles. The van der Waals surface area contributed by atoms with Crippen molar-refractivity contribution in [3.63, 3.8) is 0 Å². The van der Waals surface area contributed by atoms with Crippen LogP contribution in [0.2, 0.25) is 0 Å². The number of nitrogens with one attached hydrogen (secondary N) is 1. The molecule has 0 aliphatic rings. The van der Waals surface area contributed by atoms with Crippen LogP contribution in [0.1, 0.15) is 11.3 Å². The topological polar surface area (TPSA) is 50.2 Å². The Labute approximate surface area is 143 Å². The fourth-order valence-corrected chi connectivity index (χ4v) is 2.33. The van der Waals surface area contributed by atoms with Gasteiger partial charge in [0.1, 0.15) is 0 Å². The zero-order valence-electron chi connectivity index (χ0n) is 12.6. The van der Waals surface area contributed by atoms with Crippen molar-refractivity contribution in [3.8, 4) is 11.4 Å². The molecule has 0 amide bonds. The standard InChI is InChI=1S/C18H15BrN4/c1-13-11-17(22-18(21-13)15-5-3-2-4-6-15)23-20-12-14-7-9-16(19)10-8-14/h2-12H,1H3,(H,21,22,23)/b20-12+. The third-order valence-corrected chi connectivity index (χ3v) is 3.68. The average molecular weight is 367 g/mol. The summed E-state index contributed by atoms with van der Waals surface area (Å²) < 4.78 is 1.04. The highest BCUT2D eigenvalue weighted by atomic mass is 79.9. The first-order valence-electron chi connectivity index (χ1n) is 7.16. The van der Waals surface area contributed by atoms with Crippen molar-refractivity contribution >= 4 is 28.0 Å². The second-order valence-electron chi connectivity index (χ2n) is 5.01. The highest BCUT2D eigenvalue weighted by molar-refractivity contribution is 9.10. The molecule has 0 unspecified atom stereocenters. The molecule has 0 spiro atoms. The van der Waals surface area contributed by atoms with Gasteiger partial charge in [-0.15, -0.1) is 0 Å². The van der Waals surface area contributed by atoms with E-state index < -0.39 is 0 Å². The predicted octanol–water partition coefficient (Wildman–Crippen LogP) is 4.66. The van der Waals surface area contributed by atoms with E-state index in [0.717, 1.165) is 21.3 Å². The van der Waals surface area contributed by atoms with Crippen molar-refractivity contribution in [3.05, 3.63) is 76.4 Å². The molecule has 5 heteroatoms. The summed E-state index contributed by atoms with van der Waals surface area (Å²) in [6, 6.07) is 19.7. The Morgan fingerprint density at radius 3 is 2.48 bits per heavy atom. The summed E-state index contributed by atoms with van der Waals surface area (Å²) in [5.74, 6) is 1.36. The van der Waals surface area contributed by atoms with Crippen LogP contribution in [0.3, 0.4) is 0 Å². The lowest BCUT2D eigenvalue weighted by atomic mass is 10.2. The van der Waals surface area contributed by atoms with Crippen LogP contribution in [-0.4, -0.2) is 16.2 Å². The molecule has 0 aliphatic carbocycles. The molecule has 0 radical (unpaired) electrons. The third-order valence-electron chi connectivity index (χ3n) is 3.15. The molecule has 1 heterocycles. The molecule has 0 aliphatic heterocycles. The summed E-state index contributed by atoms with van der Waals surface area (Å²) >= 11 is 3.41. The maximum atomic E-state index is 4.51. The number of hydrogen-bond acceptors (Lipinski definition) is 4. The fraction of sp³-hybridized carbons (Fsp3) is 0.0556. The minimum absolute atomic E-state index is 0.671. The van der Waals surface area contributed by atoms with Gasteiger partial charge in [-0.25, -0.2) is 9.97 Å². The lowest BCUT2D eigenvalue weighted by Crippen LogP contribution is -1.99. The summed E-state index contributed by atoms with van der Waals surface area (Å²) in [5, 5.41) is 4.24. The maximum Gasteiger partial charge on any atom is 0.161 e. The van der Waals surface area contributed by atoms with Crippen molar-refractivity contribution in [1.29, 1.82) is 0 Å². The first kappa shape index (κ1) is 15.4. The number of nitrogens with zero attached hydrogens (tertiary/aromatic N) is 3. The molecule has 114 valence electrons. The third kappa shape index (κ3) is 4.23. The van der Waals surface area contributed by atoms with Crippen LogP contribution >= 0.6 is 15.9 Å². The quantitative estimate of drug-likeness (QED) is 0.539. The van der Waals surface area contributed by atoms with E-state index in [-0.39, 0.29) is 0 Å². The molecule has 1 N–H and O–H groups in total. The SMILES string of the molecule is Cc1cc(N/N=C/c2ccc(Br)cc2)nc(-c2ccccc2)n1. The highest BCUT2D eigenvalue weighted by Gasteiger charge is 2.03. The first-order chi connectivity index (χ1) is 11.2. The van der Waals surface area contributed by atoms with Crippen LogP contribution in [0, 0.1) is 6.92 Å². The Kier molecular flexibility index (Phi) is 4.78. The smallest absolute Gasteiger partial charge is 0.161 e. The average Bonchev–Trinajstić information content (AvgIpc) is 2.57. The molecular weight excluding hydrogens is 352 g/mol. The Hall–Kier alpha value is -2.53. The van der Waals surface area contributed by atoms with Gasteiger partial charge in [-0.05, 0) is 24.6 Å². The van der Waals surface area contributed by atoms with E-state index in [0.29, 0.717) is 11.6 Å². The largest absolute Gasteiger partial charge is 0.261 e. The van der Waals surface area contributed by atoms with Crippen LogP contribution in [0.25, 0.3) is 11.4 Å². The second-order valence-corrected chi connectivity index (χ2v) is 5.92. The zero-order valence-corrected chi connectivity index (χ0v) is 14.2. The van der Waals surface area contributed by atoms with Crippen molar-refractivity contribution < 1.29 is 0 Å². The van der Waals surface area contributed by atoms with E-state index in [2.05, 4.69) is 36.4 Å². The molecule has 23 heavy (non-hydrogen) atoms. The van der Waals surface area contributed by atoms with E-state index in [1.807, 2.05) is 67.6 Å². The molecule has 1 aromatic heterocycles. The first-order valence-corrected chi connectivity index (χ1v) is 7.96. The summed E-state index contributed by atoms with van der Waals surface area (Å²) in [6.45, 7) is 1.94. The minimum atomic E-state index is 0.671. The van der Waals surface area contributed by atoms with Crippen molar-refractivity contribution in [2.24, 2.45) is 5.10 Å². The normalized spacial score (nSPS) is 10.9. The number of halogens is 1. The Bertz CT molecular complexity index is 814. The molecule has 0 bridgehead atoms. The Balaban J connectivity index is 1.78. The molecule has 2 aromatic carbocycles. The molecule has 3 rings (SSSR count). The van der Waals surface area contributed by atoms with Gasteiger partial charge in [-0.3, -0.25) is 5.43 Å². The second kappa shape index (κ2) is 7.15. The van der Waals surface area contributed by atoms with E-state index >= 15 is 0 Å². The van der Waals surface area contributed by atoms with E-state index in [9.17, 15) is 0 Å². The van der Waals surface area contributed by atoms with E-state index in [1.165, 1.54) is 0 Å². The predicted molar refractivity (Wildman–Crippen MR) is 97.6 cm³/mol. The van der Waals surface area contributed by atoms with Gasteiger partial charge in [-0.1, -0.05) is 58.4 Å². The molecule has 0 atom stereocenters. The van der Waals surface area contributed by atoms with Gasteiger partial charge in [-0.2, -0.15) is 5.10 Å². The van der Waals surface area contributed by atoms with Crippen molar-refractivity contribution in [2.45, 2.75) is 6.92 Å². The monoisotopic (exact) mass is 366 g/mol. The summed E-state index contributed by atoms with van der Waals surface area (Å²) in [7, 11) is 0. The van der Waals surface area contributed by atoms with Gasteiger partial charge in [0.2, 0.25) is 0 Å². The number of hydrazone groups is 1. The van der Waals surface area contributed by atoms with Crippen molar-refractivity contribution in [1.82, 2.24) is 9.97 Å². The highest BCUT2D eigenvalue weighted by Crippen LogP contribution is 2.17. The number of aryl methyl sites for hydroxylation is 1. The summed E-state index contributed by atoms with van der Waals surface area (Å²) in [5.41, 5.74) is 5.85. The number of hydrogen-bond donors (Lipinski definition) is 1. The molecule has 0 fully saturated rings. The zero-order chi connectivity index (χ0) is 16.1. The van der Waals surface area contributed by atoms with Gasteiger partial charge in [0.15, 0.2) is 11.6 Å². The van der Waals surface area contributed by atoms with E-state index in [1.54, 1.807) is 6.21 Å². The van der Waals surface area contributed by atoms with E-state index in [4.69, 9.17) is 0 Å². The minimum Gasteiger partial charge on any atom is -0.261 e.